The second-order valence-corrected chi connectivity index (χ2v) is 7.28. The van der Waals surface area contributed by atoms with Gasteiger partial charge in [-0.25, -0.2) is 0 Å². The fourth-order valence-electron chi connectivity index (χ4n) is 3.49. The molecule has 0 bridgehead atoms. The highest BCUT2D eigenvalue weighted by Gasteiger charge is 2.13. The number of rotatable bonds is 6. The smallest absolute Gasteiger partial charge is 0.251 e. The summed E-state index contributed by atoms with van der Waals surface area (Å²) in [5, 5.41) is 6.46. The van der Waals surface area contributed by atoms with Crippen molar-refractivity contribution in [3.8, 4) is 0 Å². The van der Waals surface area contributed by atoms with Crippen molar-refractivity contribution in [2.24, 2.45) is 0 Å². The van der Waals surface area contributed by atoms with Crippen LogP contribution in [0.15, 0.2) is 78.9 Å². The quantitative estimate of drug-likeness (QED) is 0.649. The number of amides is 1. The molecule has 1 heterocycles. The van der Waals surface area contributed by atoms with Crippen molar-refractivity contribution in [3.05, 3.63) is 101 Å². The van der Waals surface area contributed by atoms with Gasteiger partial charge in [0, 0.05) is 43.6 Å². The van der Waals surface area contributed by atoms with Crippen LogP contribution in [0.3, 0.4) is 0 Å². The van der Waals surface area contributed by atoms with Crippen LogP contribution in [0.25, 0.3) is 6.08 Å². The number of benzene rings is 3. The lowest BCUT2D eigenvalue weighted by molar-refractivity contribution is 0.0951. The van der Waals surface area contributed by atoms with Gasteiger partial charge in [0.1, 0.15) is 0 Å². The SMILES string of the molecule is CN1CC=Cc2cc(C(=O)NCc3cccc(NCc4ccccc4)c3)ccc21. The molecule has 0 spiro atoms. The molecule has 4 nitrogen and oxygen atoms in total. The Kier molecular flexibility index (Phi) is 5.61. The van der Waals surface area contributed by atoms with Gasteiger partial charge in [0.25, 0.3) is 5.91 Å². The molecule has 0 atom stereocenters. The van der Waals surface area contributed by atoms with Crippen LogP contribution in [-0.4, -0.2) is 19.5 Å². The van der Waals surface area contributed by atoms with Gasteiger partial charge in [-0.15, -0.1) is 0 Å². The molecule has 1 amide bonds. The Labute approximate surface area is 171 Å². The molecule has 0 aliphatic carbocycles. The normalized spacial score (nSPS) is 12.4. The van der Waals surface area contributed by atoms with E-state index in [0.29, 0.717) is 12.1 Å². The van der Waals surface area contributed by atoms with Gasteiger partial charge in [-0.1, -0.05) is 54.6 Å². The lowest BCUT2D eigenvalue weighted by Gasteiger charge is -2.23. The first-order valence-electron chi connectivity index (χ1n) is 9.86. The van der Waals surface area contributed by atoms with Gasteiger partial charge in [0.15, 0.2) is 0 Å². The van der Waals surface area contributed by atoms with Gasteiger partial charge in [-0.05, 0) is 47.0 Å². The topological polar surface area (TPSA) is 44.4 Å². The van der Waals surface area contributed by atoms with Crippen molar-refractivity contribution < 1.29 is 4.79 Å². The van der Waals surface area contributed by atoms with E-state index < -0.39 is 0 Å². The molecule has 0 saturated carbocycles. The number of carbonyl (C=O) groups is 1. The second kappa shape index (κ2) is 8.65. The maximum atomic E-state index is 12.6. The van der Waals surface area contributed by atoms with Crippen LogP contribution < -0.4 is 15.5 Å². The highest BCUT2D eigenvalue weighted by atomic mass is 16.1. The van der Waals surface area contributed by atoms with Crippen LogP contribution in [0.1, 0.15) is 27.0 Å². The van der Waals surface area contributed by atoms with E-state index in [1.165, 1.54) is 5.56 Å². The zero-order valence-electron chi connectivity index (χ0n) is 16.6. The average Bonchev–Trinajstić information content (AvgIpc) is 2.77. The number of nitrogens with zero attached hydrogens (tertiary/aromatic N) is 1. The highest BCUT2D eigenvalue weighted by Crippen LogP contribution is 2.25. The third-order valence-electron chi connectivity index (χ3n) is 5.10. The summed E-state index contributed by atoms with van der Waals surface area (Å²) in [5.41, 5.74) is 6.26. The van der Waals surface area contributed by atoms with E-state index in [-0.39, 0.29) is 5.91 Å². The summed E-state index contributed by atoms with van der Waals surface area (Å²) in [5.74, 6) is -0.0583. The molecule has 0 saturated heterocycles. The summed E-state index contributed by atoms with van der Waals surface area (Å²) in [7, 11) is 2.06. The lowest BCUT2D eigenvalue weighted by Crippen LogP contribution is -2.24. The fourth-order valence-corrected chi connectivity index (χ4v) is 3.49. The van der Waals surface area contributed by atoms with Gasteiger partial charge in [0.05, 0.1) is 0 Å². The predicted molar refractivity (Wildman–Crippen MR) is 120 cm³/mol. The summed E-state index contributed by atoms with van der Waals surface area (Å²) < 4.78 is 0. The Morgan fingerprint density at radius 1 is 0.931 bits per heavy atom. The van der Waals surface area contributed by atoms with Gasteiger partial charge in [-0.2, -0.15) is 0 Å². The maximum absolute atomic E-state index is 12.6. The zero-order chi connectivity index (χ0) is 20.1. The summed E-state index contributed by atoms with van der Waals surface area (Å²) in [6.45, 7) is 2.16. The van der Waals surface area contributed by atoms with Crippen molar-refractivity contribution in [2.45, 2.75) is 13.1 Å². The van der Waals surface area contributed by atoms with Crippen molar-refractivity contribution >= 4 is 23.4 Å². The molecule has 4 rings (SSSR count). The maximum Gasteiger partial charge on any atom is 0.251 e. The zero-order valence-corrected chi connectivity index (χ0v) is 16.6. The van der Waals surface area contributed by atoms with Crippen LogP contribution in [0, 0.1) is 0 Å². The van der Waals surface area contributed by atoms with Crippen LogP contribution in [0.4, 0.5) is 11.4 Å². The first kappa shape index (κ1) is 18.8. The number of likely N-dealkylation sites (N-methyl/N-ethyl adjacent to an activating group) is 1. The van der Waals surface area contributed by atoms with Gasteiger partial charge in [-0.3, -0.25) is 4.79 Å². The van der Waals surface area contributed by atoms with E-state index in [9.17, 15) is 4.79 Å². The predicted octanol–water partition coefficient (Wildman–Crippen LogP) is 4.69. The molecule has 0 unspecified atom stereocenters. The summed E-state index contributed by atoms with van der Waals surface area (Å²) >= 11 is 0. The molecule has 0 aromatic heterocycles. The van der Waals surface area contributed by atoms with E-state index in [1.54, 1.807) is 0 Å². The van der Waals surface area contributed by atoms with Crippen LogP contribution in [-0.2, 0) is 13.1 Å². The van der Waals surface area contributed by atoms with Gasteiger partial charge >= 0.3 is 0 Å². The number of carbonyl (C=O) groups excluding carboxylic acids is 1. The van der Waals surface area contributed by atoms with E-state index in [4.69, 9.17) is 0 Å². The monoisotopic (exact) mass is 383 g/mol. The van der Waals surface area contributed by atoms with E-state index >= 15 is 0 Å². The van der Waals surface area contributed by atoms with Crippen LogP contribution >= 0.6 is 0 Å². The Hall–Kier alpha value is -3.53. The first-order valence-corrected chi connectivity index (χ1v) is 9.86. The molecule has 4 heteroatoms. The number of fused-ring (bicyclic) bond motifs is 1. The Balaban J connectivity index is 1.36. The fraction of sp³-hybridized carbons (Fsp3) is 0.160. The summed E-state index contributed by atoms with van der Waals surface area (Å²) in [6, 6.07) is 24.3. The third kappa shape index (κ3) is 4.66. The lowest BCUT2D eigenvalue weighted by atomic mass is 10.0. The van der Waals surface area contributed by atoms with Crippen molar-refractivity contribution in [1.82, 2.24) is 5.32 Å². The molecule has 3 aromatic carbocycles. The molecular formula is C25H25N3O. The Bertz CT molecular complexity index is 1030. The molecule has 1 aliphatic heterocycles. The molecule has 1 aliphatic rings. The van der Waals surface area contributed by atoms with Crippen molar-refractivity contribution in [3.63, 3.8) is 0 Å². The average molecular weight is 383 g/mol. The molecular weight excluding hydrogens is 358 g/mol. The van der Waals surface area contributed by atoms with Gasteiger partial charge < -0.3 is 15.5 Å². The minimum atomic E-state index is -0.0583. The largest absolute Gasteiger partial charge is 0.381 e. The molecule has 146 valence electrons. The number of hydrogen-bond donors (Lipinski definition) is 2. The first-order chi connectivity index (χ1) is 14.2. The van der Waals surface area contributed by atoms with Crippen molar-refractivity contribution in [2.75, 3.05) is 23.8 Å². The van der Waals surface area contributed by atoms with Crippen molar-refractivity contribution in [1.29, 1.82) is 0 Å². The molecule has 2 N–H and O–H groups in total. The second-order valence-electron chi connectivity index (χ2n) is 7.28. The molecule has 0 fully saturated rings. The molecule has 3 aromatic rings. The third-order valence-corrected chi connectivity index (χ3v) is 5.10. The Morgan fingerprint density at radius 2 is 1.76 bits per heavy atom. The standard InChI is InChI=1S/C25H25N3O/c1-28-14-6-10-21-16-22(12-13-24(21)28)25(29)27-18-20-9-5-11-23(15-20)26-17-19-7-3-2-4-8-19/h2-13,15-16,26H,14,17-18H2,1H3,(H,27,29). The summed E-state index contributed by atoms with van der Waals surface area (Å²) in [4.78, 5) is 14.8. The molecule has 29 heavy (non-hydrogen) atoms. The van der Waals surface area contributed by atoms with E-state index in [0.717, 1.165) is 35.6 Å². The minimum Gasteiger partial charge on any atom is -0.381 e. The number of hydrogen-bond acceptors (Lipinski definition) is 3. The van der Waals surface area contributed by atoms with E-state index in [2.05, 4.69) is 52.9 Å². The Morgan fingerprint density at radius 3 is 2.62 bits per heavy atom. The van der Waals surface area contributed by atoms with E-state index in [1.807, 2.05) is 54.6 Å². The highest BCUT2D eigenvalue weighted by molar-refractivity contribution is 5.95. The van der Waals surface area contributed by atoms with Gasteiger partial charge in [0.2, 0.25) is 0 Å². The molecule has 0 radical (unpaired) electrons. The number of anilines is 2. The van der Waals surface area contributed by atoms with Crippen LogP contribution in [0.2, 0.25) is 0 Å². The summed E-state index contributed by atoms with van der Waals surface area (Å²) in [6.07, 6.45) is 4.19. The minimum absolute atomic E-state index is 0.0583. The van der Waals surface area contributed by atoms with Crippen LogP contribution in [0.5, 0.6) is 0 Å². The number of nitrogens with one attached hydrogen (secondary N) is 2.